The van der Waals surface area contributed by atoms with Crippen molar-refractivity contribution >= 4 is 39.4 Å². The van der Waals surface area contributed by atoms with E-state index in [2.05, 4.69) is 46.3 Å². The molecule has 4 aromatic rings. The largest absolute Gasteiger partial charge is 0.459 e. The van der Waals surface area contributed by atoms with E-state index in [4.69, 9.17) is 4.42 Å². The number of thiophene rings is 2. The van der Waals surface area contributed by atoms with Crippen molar-refractivity contribution in [3.05, 3.63) is 86.4 Å². The summed E-state index contributed by atoms with van der Waals surface area (Å²) in [7, 11) is 0. The molecule has 0 aliphatic rings. The number of aromatic nitrogens is 1. The number of anilines is 2. The van der Waals surface area contributed by atoms with Gasteiger partial charge in [-0.2, -0.15) is 11.3 Å². The molecule has 0 aliphatic heterocycles. The first-order valence-electron chi connectivity index (χ1n) is 9.20. The number of carbonyl (C=O) groups is 1. The number of nitrogens with zero attached hydrogens (tertiary/aromatic N) is 1. The molecule has 0 fully saturated rings. The molecular weight excluding hydrogens is 402 g/mol. The average Bonchev–Trinajstić information content (AvgIpc) is 3.44. The predicted molar refractivity (Wildman–Crippen MR) is 119 cm³/mol. The average molecular weight is 424 g/mol. The minimum absolute atomic E-state index is 0.132. The summed E-state index contributed by atoms with van der Waals surface area (Å²) in [5.41, 5.74) is 4.28. The Labute approximate surface area is 177 Å². The van der Waals surface area contributed by atoms with Gasteiger partial charge in [0.1, 0.15) is 10.8 Å². The van der Waals surface area contributed by atoms with Crippen molar-refractivity contribution in [1.82, 2.24) is 4.98 Å². The maximum Gasteiger partial charge on any atom is 0.291 e. The summed E-state index contributed by atoms with van der Waals surface area (Å²) in [6, 6.07) is 11.3. The zero-order valence-electron chi connectivity index (χ0n) is 16.4. The SMILES string of the molecule is Cc1cccc(N[C@H](c2ccsc2)c2c(NC(=O)c3ccco3)sc(C)c2C)n1. The van der Waals surface area contributed by atoms with Crippen molar-refractivity contribution in [2.75, 3.05) is 10.6 Å². The molecule has 7 heteroatoms. The number of rotatable bonds is 6. The van der Waals surface area contributed by atoms with Crippen molar-refractivity contribution in [3.63, 3.8) is 0 Å². The van der Waals surface area contributed by atoms with E-state index < -0.39 is 0 Å². The van der Waals surface area contributed by atoms with Gasteiger partial charge in [-0.15, -0.1) is 11.3 Å². The van der Waals surface area contributed by atoms with Crippen LogP contribution in [0, 0.1) is 20.8 Å². The first-order chi connectivity index (χ1) is 14.0. The van der Waals surface area contributed by atoms with Crippen molar-refractivity contribution in [2.45, 2.75) is 26.8 Å². The number of nitrogens with one attached hydrogen (secondary N) is 2. The molecule has 4 aromatic heterocycles. The van der Waals surface area contributed by atoms with Gasteiger partial charge in [-0.25, -0.2) is 4.98 Å². The van der Waals surface area contributed by atoms with Gasteiger partial charge in [-0.3, -0.25) is 4.79 Å². The Bertz CT molecular complexity index is 1120. The van der Waals surface area contributed by atoms with E-state index in [1.807, 2.05) is 25.1 Å². The molecule has 29 heavy (non-hydrogen) atoms. The Balaban J connectivity index is 1.75. The Morgan fingerprint density at radius 3 is 2.69 bits per heavy atom. The van der Waals surface area contributed by atoms with E-state index in [1.54, 1.807) is 34.8 Å². The molecule has 0 unspecified atom stereocenters. The lowest BCUT2D eigenvalue weighted by atomic mass is 9.98. The van der Waals surface area contributed by atoms with Crippen LogP contribution in [0.15, 0.2) is 57.8 Å². The molecule has 4 heterocycles. The summed E-state index contributed by atoms with van der Waals surface area (Å²) < 4.78 is 5.25. The third-order valence-electron chi connectivity index (χ3n) is 4.75. The topological polar surface area (TPSA) is 67.2 Å². The van der Waals surface area contributed by atoms with Gasteiger partial charge < -0.3 is 15.1 Å². The summed E-state index contributed by atoms with van der Waals surface area (Å²) in [5, 5.41) is 11.6. The lowest BCUT2D eigenvalue weighted by Crippen LogP contribution is -2.17. The van der Waals surface area contributed by atoms with E-state index in [0.717, 1.165) is 38.1 Å². The van der Waals surface area contributed by atoms with Crippen molar-refractivity contribution in [2.24, 2.45) is 0 Å². The van der Waals surface area contributed by atoms with E-state index >= 15 is 0 Å². The van der Waals surface area contributed by atoms with E-state index in [9.17, 15) is 4.79 Å². The summed E-state index contributed by atoms with van der Waals surface area (Å²) in [4.78, 5) is 18.4. The number of hydrogen-bond acceptors (Lipinski definition) is 6. The number of aryl methyl sites for hydroxylation is 2. The zero-order chi connectivity index (χ0) is 20.4. The molecule has 2 N–H and O–H groups in total. The van der Waals surface area contributed by atoms with Gasteiger partial charge in [0.05, 0.1) is 12.3 Å². The summed E-state index contributed by atoms with van der Waals surface area (Å²) in [6.07, 6.45) is 1.50. The van der Waals surface area contributed by atoms with Crippen LogP contribution in [0.2, 0.25) is 0 Å². The Morgan fingerprint density at radius 1 is 1.14 bits per heavy atom. The summed E-state index contributed by atoms with van der Waals surface area (Å²) in [6.45, 7) is 6.13. The van der Waals surface area contributed by atoms with Crippen LogP contribution in [0.25, 0.3) is 0 Å². The summed E-state index contributed by atoms with van der Waals surface area (Å²) >= 11 is 3.22. The van der Waals surface area contributed by atoms with Crippen molar-refractivity contribution in [1.29, 1.82) is 0 Å². The van der Waals surface area contributed by atoms with Crippen molar-refractivity contribution in [3.8, 4) is 0 Å². The molecular formula is C22H21N3O2S2. The first kappa shape index (κ1) is 19.4. The number of pyridine rings is 1. The van der Waals surface area contributed by atoms with Crippen LogP contribution in [0.3, 0.4) is 0 Å². The van der Waals surface area contributed by atoms with E-state index in [0.29, 0.717) is 5.76 Å². The van der Waals surface area contributed by atoms with E-state index in [1.165, 1.54) is 6.26 Å². The van der Waals surface area contributed by atoms with Gasteiger partial charge in [0.2, 0.25) is 0 Å². The smallest absolute Gasteiger partial charge is 0.291 e. The van der Waals surface area contributed by atoms with Gasteiger partial charge in [0, 0.05) is 16.1 Å². The molecule has 1 atom stereocenters. The molecule has 0 spiro atoms. The van der Waals surface area contributed by atoms with Crippen LogP contribution in [-0.2, 0) is 0 Å². The highest BCUT2D eigenvalue weighted by Gasteiger charge is 2.26. The molecule has 0 saturated heterocycles. The minimum Gasteiger partial charge on any atom is -0.459 e. The van der Waals surface area contributed by atoms with Crippen LogP contribution >= 0.6 is 22.7 Å². The fourth-order valence-electron chi connectivity index (χ4n) is 3.19. The van der Waals surface area contributed by atoms with Gasteiger partial charge in [-0.1, -0.05) is 6.07 Å². The number of hydrogen-bond donors (Lipinski definition) is 2. The molecule has 148 valence electrons. The molecule has 4 rings (SSSR count). The van der Waals surface area contributed by atoms with E-state index in [-0.39, 0.29) is 11.9 Å². The lowest BCUT2D eigenvalue weighted by molar-refractivity contribution is 0.0997. The van der Waals surface area contributed by atoms with Crippen LogP contribution < -0.4 is 10.6 Å². The Kier molecular flexibility index (Phi) is 5.51. The maximum atomic E-state index is 12.6. The Morgan fingerprint density at radius 2 is 2.00 bits per heavy atom. The molecule has 0 aromatic carbocycles. The molecule has 1 amide bonds. The van der Waals surface area contributed by atoms with Gasteiger partial charge >= 0.3 is 0 Å². The highest BCUT2D eigenvalue weighted by molar-refractivity contribution is 7.16. The second-order valence-corrected chi connectivity index (χ2v) is 8.76. The second-order valence-electron chi connectivity index (χ2n) is 6.76. The molecule has 0 saturated carbocycles. The highest BCUT2D eigenvalue weighted by atomic mass is 32.1. The highest BCUT2D eigenvalue weighted by Crippen LogP contribution is 2.41. The van der Waals surface area contributed by atoms with Crippen LogP contribution in [-0.4, -0.2) is 10.9 Å². The molecule has 5 nitrogen and oxygen atoms in total. The second kappa shape index (κ2) is 8.23. The van der Waals surface area contributed by atoms with Crippen LogP contribution in [0.1, 0.15) is 43.9 Å². The van der Waals surface area contributed by atoms with Gasteiger partial charge in [0.25, 0.3) is 5.91 Å². The van der Waals surface area contributed by atoms with Gasteiger partial charge in [0.15, 0.2) is 5.76 Å². The normalized spacial score (nSPS) is 12.0. The van der Waals surface area contributed by atoms with Crippen LogP contribution in [0.4, 0.5) is 10.8 Å². The molecule has 0 bridgehead atoms. The van der Waals surface area contributed by atoms with Gasteiger partial charge in [-0.05, 0) is 73.0 Å². The fourth-order valence-corrected chi connectivity index (χ4v) is 4.97. The maximum absolute atomic E-state index is 12.6. The number of furan rings is 1. The minimum atomic E-state index is -0.254. The fraction of sp³-hybridized carbons (Fsp3) is 0.182. The first-order valence-corrected chi connectivity index (χ1v) is 11.0. The Hall–Kier alpha value is -2.90. The third kappa shape index (κ3) is 4.11. The molecule has 0 radical (unpaired) electrons. The number of amides is 1. The lowest BCUT2D eigenvalue weighted by Gasteiger charge is -2.21. The van der Waals surface area contributed by atoms with Crippen molar-refractivity contribution < 1.29 is 9.21 Å². The van der Waals surface area contributed by atoms with Crippen LogP contribution in [0.5, 0.6) is 0 Å². The molecule has 0 aliphatic carbocycles. The third-order valence-corrected chi connectivity index (χ3v) is 6.59. The summed E-state index contributed by atoms with van der Waals surface area (Å²) in [5.74, 6) is 0.836. The quantitative estimate of drug-likeness (QED) is 0.389. The standard InChI is InChI=1S/C22H21N3O2S2/c1-13-6-4-8-18(23-13)24-20(16-9-11-28-12-16)19-14(2)15(3)29-22(19)25-21(26)17-7-5-10-27-17/h4-12,20H,1-3H3,(H,23,24)(H,25,26)/t20-/m1/s1. The monoisotopic (exact) mass is 423 g/mol. The predicted octanol–water partition coefficient (Wildman–Crippen LogP) is 6.18. The number of carbonyl (C=O) groups excluding carboxylic acids is 1. The zero-order valence-corrected chi connectivity index (χ0v) is 18.0.